The number of amides is 2. The summed E-state index contributed by atoms with van der Waals surface area (Å²) in [6.45, 7) is 10.5. The van der Waals surface area contributed by atoms with Gasteiger partial charge in [0.1, 0.15) is 11.2 Å². The fourth-order valence-electron chi connectivity index (χ4n) is 5.81. The molecule has 1 saturated carbocycles. The largest absolute Gasteiger partial charge is 0.463 e. The lowest BCUT2D eigenvalue weighted by Crippen LogP contribution is -2.65. The third kappa shape index (κ3) is 5.04. The summed E-state index contributed by atoms with van der Waals surface area (Å²) in [5.41, 5.74) is 1.27. The minimum atomic E-state index is -0.931. The molecule has 2 aliphatic rings. The number of hydrogen-bond donors (Lipinski definition) is 1. The van der Waals surface area contributed by atoms with Crippen LogP contribution >= 0.6 is 0 Å². The van der Waals surface area contributed by atoms with Crippen molar-refractivity contribution in [2.75, 3.05) is 26.2 Å². The molecule has 1 N–H and O–H groups in total. The van der Waals surface area contributed by atoms with E-state index < -0.39 is 5.54 Å². The molecule has 0 radical (unpaired) electrons. The Bertz CT molecular complexity index is 966. The van der Waals surface area contributed by atoms with Gasteiger partial charge in [-0.05, 0) is 58.7 Å². The van der Waals surface area contributed by atoms with Crippen LogP contribution < -0.4 is 5.32 Å². The van der Waals surface area contributed by atoms with Gasteiger partial charge < -0.3 is 24.1 Å². The zero-order valence-electron chi connectivity index (χ0n) is 21.3. The Hall–Kier alpha value is -2.28. The average Bonchev–Trinajstić information content (AvgIpc) is 3.31. The quantitative estimate of drug-likeness (QED) is 0.507. The summed E-state index contributed by atoms with van der Waals surface area (Å²) >= 11 is 0. The van der Waals surface area contributed by atoms with Gasteiger partial charge in [0.05, 0.1) is 18.3 Å². The first-order valence-electron chi connectivity index (χ1n) is 13.4. The van der Waals surface area contributed by atoms with Crippen molar-refractivity contribution in [2.45, 2.75) is 96.7 Å². The van der Waals surface area contributed by atoms with Crippen molar-refractivity contribution in [1.29, 1.82) is 0 Å². The second-order valence-corrected chi connectivity index (χ2v) is 10.4. The molecule has 2 aromatic heterocycles. The highest BCUT2D eigenvalue weighted by Crippen LogP contribution is 2.33. The first-order chi connectivity index (χ1) is 16.5. The zero-order valence-corrected chi connectivity index (χ0v) is 21.3. The number of aromatic nitrogens is 1. The third-order valence-electron chi connectivity index (χ3n) is 7.66. The van der Waals surface area contributed by atoms with Gasteiger partial charge in [0.15, 0.2) is 5.58 Å². The van der Waals surface area contributed by atoms with E-state index in [1.807, 2.05) is 28.5 Å². The van der Waals surface area contributed by atoms with E-state index in [1.165, 1.54) is 12.8 Å². The normalized spacial score (nSPS) is 21.8. The second-order valence-electron chi connectivity index (χ2n) is 10.4. The highest BCUT2D eigenvalue weighted by molar-refractivity contribution is 6.02. The zero-order chi connectivity index (χ0) is 24.1. The number of hydrogen-bond acceptors (Lipinski definition) is 4. The van der Waals surface area contributed by atoms with Crippen molar-refractivity contribution in [2.24, 2.45) is 0 Å². The molecule has 2 amide bonds. The maximum atomic E-state index is 13.8. The van der Waals surface area contributed by atoms with Crippen LogP contribution in [0.25, 0.3) is 11.1 Å². The molecule has 1 aliphatic carbocycles. The number of nitrogens with zero attached hydrogens (tertiary/aromatic N) is 3. The van der Waals surface area contributed by atoms with E-state index in [-0.39, 0.29) is 17.9 Å². The summed E-state index contributed by atoms with van der Waals surface area (Å²) in [5, 5.41) is 3.34. The number of carbonyl (C=O) groups is 2. The summed E-state index contributed by atoms with van der Waals surface area (Å²) < 4.78 is 7.56. The van der Waals surface area contributed by atoms with E-state index in [4.69, 9.17) is 4.42 Å². The average molecular weight is 471 g/mol. The maximum Gasteiger partial charge on any atom is 0.271 e. The molecule has 1 unspecified atom stereocenters. The molecule has 3 heterocycles. The molecule has 188 valence electrons. The highest BCUT2D eigenvalue weighted by atomic mass is 16.3. The van der Waals surface area contributed by atoms with Crippen molar-refractivity contribution in [3.63, 3.8) is 0 Å². The predicted octanol–water partition coefficient (Wildman–Crippen LogP) is 4.80. The maximum absolute atomic E-state index is 13.8. The topological polar surface area (TPSA) is 70.7 Å². The highest BCUT2D eigenvalue weighted by Gasteiger charge is 2.48. The molecule has 0 aromatic carbocycles. The van der Waals surface area contributed by atoms with Crippen molar-refractivity contribution in [3.8, 4) is 0 Å². The molecule has 1 atom stereocenters. The Kier molecular flexibility index (Phi) is 8.02. The number of fused-ring (bicyclic) bond motifs is 3. The van der Waals surface area contributed by atoms with Crippen molar-refractivity contribution >= 4 is 22.9 Å². The summed E-state index contributed by atoms with van der Waals surface area (Å²) in [5.74, 6) is -0.101. The van der Waals surface area contributed by atoms with E-state index in [0.717, 1.165) is 70.1 Å². The van der Waals surface area contributed by atoms with Crippen LogP contribution in [0.3, 0.4) is 0 Å². The molecular weight excluding hydrogens is 428 g/mol. The standard InChI is InChI=1S/C27H42N4O3/c1-4-14-29(15-5-2)16-10-17-31-25(32)23-19-24-22(13-18-34-24)30(23)20-27(31,3)26(33)28-21-11-8-6-7-9-12-21/h13,18-19,21H,4-12,14-17,20H2,1-3H3,(H,28,33). The molecule has 0 bridgehead atoms. The van der Waals surface area contributed by atoms with E-state index >= 15 is 0 Å². The fourth-order valence-corrected chi connectivity index (χ4v) is 5.81. The van der Waals surface area contributed by atoms with Crippen LogP contribution in [0.4, 0.5) is 0 Å². The van der Waals surface area contributed by atoms with Crippen LogP contribution in [0, 0.1) is 0 Å². The lowest BCUT2D eigenvalue weighted by Gasteiger charge is -2.44. The predicted molar refractivity (Wildman–Crippen MR) is 135 cm³/mol. The van der Waals surface area contributed by atoms with Gasteiger partial charge >= 0.3 is 0 Å². The van der Waals surface area contributed by atoms with Crippen LogP contribution in [-0.4, -0.2) is 63.9 Å². The lowest BCUT2D eigenvalue weighted by molar-refractivity contribution is -0.133. The monoisotopic (exact) mass is 470 g/mol. The van der Waals surface area contributed by atoms with E-state index in [9.17, 15) is 9.59 Å². The van der Waals surface area contributed by atoms with Crippen LogP contribution in [-0.2, 0) is 11.3 Å². The minimum Gasteiger partial charge on any atom is -0.463 e. The van der Waals surface area contributed by atoms with Crippen LogP contribution in [0.15, 0.2) is 22.8 Å². The Morgan fingerprint density at radius 3 is 2.53 bits per heavy atom. The smallest absolute Gasteiger partial charge is 0.271 e. The number of nitrogens with one attached hydrogen (secondary N) is 1. The second kappa shape index (κ2) is 11.0. The summed E-state index contributed by atoms with van der Waals surface area (Å²) in [4.78, 5) is 31.9. The summed E-state index contributed by atoms with van der Waals surface area (Å²) in [7, 11) is 0. The Balaban J connectivity index is 1.56. The van der Waals surface area contributed by atoms with Gasteiger partial charge in [-0.1, -0.05) is 39.5 Å². The van der Waals surface area contributed by atoms with Gasteiger partial charge in [0, 0.05) is 24.7 Å². The molecule has 1 aliphatic heterocycles. The molecule has 2 aromatic rings. The molecule has 0 spiro atoms. The first kappa shape index (κ1) is 24.8. The van der Waals surface area contributed by atoms with E-state index in [2.05, 4.69) is 24.1 Å². The number of rotatable bonds is 10. The molecule has 34 heavy (non-hydrogen) atoms. The van der Waals surface area contributed by atoms with Gasteiger partial charge in [-0.25, -0.2) is 0 Å². The molecule has 7 nitrogen and oxygen atoms in total. The van der Waals surface area contributed by atoms with Crippen molar-refractivity contribution in [1.82, 2.24) is 19.7 Å². The summed E-state index contributed by atoms with van der Waals surface area (Å²) in [6, 6.07) is 3.92. The van der Waals surface area contributed by atoms with Gasteiger partial charge in [-0.2, -0.15) is 0 Å². The van der Waals surface area contributed by atoms with Crippen LogP contribution in [0.2, 0.25) is 0 Å². The van der Waals surface area contributed by atoms with Gasteiger partial charge in [0.2, 0.25) is 5.91 Å². The minimum absolute atomic E-state index is 0.0253. The van der Waals surface area contributed by atoms with Crippen molar-refractivity contribution < 1.29 is 14.0 Å². The summed E-state index contributed by atoms with van der Waals surface area (Å²) in [6.07, 6.45) is 11.6. The van der Waals surface area contributed by atoms with Crippen LogP contribution in [0.5, 0.6) is 0 Å². The van der Waals surface area contributed by atoms with Gasteiger partial charge in [0.25, 0.3) is 5.91 Å². The fraction of sp³-hybridized carbons (Fsp3) is 0.704. The Labute approximate surface area is 203 Å². The van der Waals surface area contributed by atoms with Gasteiger partial charge in [-0.3, -0.25) is 9.59 Å². The number of carbonyl (C=O) groups excluding carboxylic acids is 2. The Morgan fingerprint density at radius 1 is 1.15 bits per heavy atom. The molecular formula is C27H42N4O3. The Morgan fingerprint density at radius 2 is 1.85 bits per heavy atom. The van der Waals surface area contributed by atoms with E-state index in [0.29, 0.717) is 24.4 Å². The van der Waals surface area contributed by atoms with Gasteiger partial charge in [-0.15, -0.1) is 0 Å². The molecule has 7 heteroatoms. The van der Waals surface area contributed by atoms with Crippen LogP contribution in [0.1, 0.15) is 89.0 Å². The van der Waals surface area contributed by atoms with Crippen molar-refractivity contribution in [3.05, 3.63) is 24.1 Å². The number of furan rings is 1. The molecule has 1 fully saturated rings. The molecule has 4 rings (SSSR count). The first-order valence-corrected chi connectivity index (χ1v) is 13.4. The molecule has 0 saturated heterocycles. The van der Waals surface area contributed by atoms with E-state index in [1.54, 1.807) is 6.26 Å². The lowest BCUT2D eigenvalue weighted by atomic mass is 9.93. The SMILES string of the molecule is CCCN(CCC)CCCN1C(=O)c2cc3occc3n2CC1(C)C(=O)NC1CCCCCC1. The third-order valence-corrected chi connectivity index (χ3v) is 7.66.